The van der Waals surface area contributed by atoms with Gasteiger partial charge in [-0.15, -0.1) is 0 Å². The van der Waals surface area contributed by atoms with E-state index in [4.69, 9.17) is 9.57 Å². The van der Waals surface area contributed by atoms with Gasteiger partial charge in [0, 0.05) is 5.56 Å². The fourth-order valence-electron chi connectivity index (χ4n) is 1.14. The number of hydrogen-bond acceptors (Lipinski definition) is 4. The minimum Gasteiger partial charge on any atom is -0.489 e. The molecule has 4 heteroatoms. The number of ether oxygens (including phenoxy) is 1. The first-order valence-corrected chi connectivity index (χ1v) is 4.82. The van der Waals surface area contributed by atoms with Gasteiger partial charge in [-0.3, -0.25) is 15.1 Å². The zero-order valence-corrected chi connectivity index (χ0v) is 9.45. The van der Waals surface area contributed by atoms with Crippen LogP contribution in [-0.4, -0.2) is 20.0 Å². The molecule has 0 bridgehead atoms. The van der Waals surface area contributed by atoms with Gasteiger partial charge in [-0.2, -0.15) is 0 Å². The summed E-state index contributed by atoms with van der Waals surface area (Å²) in [6.07, 6.45) is 0.745. The largest absolute Gasteiger partial charge is 0.489 e. The lowest BCUT2D eigenvalue weighted by Gasteiger charge is -2.09. The van der Waals surface area contributed by atoms with Crippen LogP contribution in [0.5, 0.6) is 5.75 Å². The second kappa shape index (κ2) is 5.92. The lowest BCUT2D eigenvalue weighted by molar-refractivity contribution is 0.112. The van der Waals surface area contributed by atoms with Crippen molar-refractivity contribution in [1.82, 2.24) is 0 Å². The summed E-state index contributed by atoms with van der Waals surface area (Å²) in [4.78, 5) is 15.6. The van der Waals surface area contributed by atoms with Crippen molar-refractivity contribution in [2.75, 3.05) is 19.2 Å². The lowest BCUT2D eigenvalue weighted by Crippen LogP contribution is -2.02. The van der Waals surface area contributed by atoms with E-state index in [2.05, 4.69) is 12.1 Å². The molecular weight excluding hydrogens is 206 g/mol. The Kier molecular flexibility index (Phi) is 4.54. The van der Waals surface area contributed by atoms with Crippen LogP contribution in [0.1, 0.15) is 17.3 Å². The van der Waals surface area contributed by atoms with Gasteiger partial charge in [0.15, 0.2) is 6.29 Å². The Morgan fingerprint density at radius 3 is 2.88 bits per heavy atom. The summed E-state index contributed by atoms with van der Waals surface area (Å²) in [5.74, 6) is 0.631. The van der Waals surface area contributed by atoms with Crippen molar-refractivity contribution in [2.45, 2.75) is 6.92 Å². The SMILES string of the molecule is C=C(C)COc1ccc(NOC)c(C=O)c1. The molecule has 1 aromatic rings. The Balaban J connectivity index is 2.81. The van der Waals surface area contributed by atoms with E-state index in [9.17, 15) is 4.79 Å². The second-order valence-corrected chi connectivity index (χ2v) is 3.42. The van der Waals surface area contributed by atoms with E-state index in [1.165, 1.54) is 7.11 Å². The van der Waals surface area contributed by atoms with E-state index in [1.54, 1.807) is 18.2 Å². The van der Waals surface area contributed by atoms with Crippen LogP contribution in [0.15, 0.2) is 30.4 Å². The highest BCUT2D eigenvalue weighted by Crippen LogP contribution is 2.21. The molecule has 0 saturated carbocycles. The maximum Gasteiger partial charge on any atom is 0.152 e. The zero-order valence-electron chi connectivity index (χ0n) is 9.45. The first-order valence-electron chi connectivity index (χ1n) is 4.82. The topological polar surface area (TPSA) is 47.6 Å². The average molecular weight is 221 g/mol. The van der Waals surface area contributed by atoms with Gasteiger partial charge in [-0.25, -0.2) is 0 Å². The van der Waals surface area contributed by atoms with E-state index >= 15 is 0 Å². The molecule has 4 nitrogen and oxygen atoms in total. The number of carbonyl (C=O) groups is 1. The second-order valence-electron chi connectivity index (χ2n) is 3.42. The highest BCUT2D eigenvalue weighted by Gasteiger charge is 2.03. The first-order chi connectivity index (χ1) is 7.67. The van der Waals surface area contributed by atoms with Crippen LogP contribution in [0, 0.1) is 0 Å². The van der Waals surface area contributed by atoms with E-state index < -0.39 is 0 Å². The smallest absolute Gasteiger partial charge is 0.152 e. The Morgan fingerprint density at radius 2 is 2.31 bits per heavy atom. The normalized spacial score (nSPS) is 9.62. The van der Waals surface area contributed by atoms with Crippen molar-refractivity contribution in [3.63, 3.8) is 0 Å². The minimum absolute atomic E-state index is 0.440. The molecular formula is C12H15NO3. The van der Waals surface area contributed by atoms with Gasteiger partial charge < -0.3 is 4.74 Å². The van der Waals surface area contributed by atoms with E-state index in [0.29, 0.717) is 23.6 Å². The number of hydrogen-bond donors (Lipinski definition) is 1. The molecule has 16 heavy (non-hydrogen) atoms. The molecule has 1 N–H and O–H groups in total. The molecule has 0 atom stereocenters. The number of aldehydes is 1. The van der Waals surface area contributed by atoms with E-state index in [0.717, 1.165) is 11.9 Å². The summed E-state index contributed by atoms with van der Waals surface area (Å²) in [5.41, 5.74) is 4.64. The van der Waals surface area contributed by atoms with Crippen molar-refractivity contribution in [2.24, 2.45) is 0 Å². The maximum absolute atomic E-state index is 10.8. The third kappa shape index (κ3) is 3.40. The van der Waals surface area contributed by atoms with E-state index in [-0.39, 0.29) is 0 Å². The van der Waals surface area contributed by atoms with Gasteiger partial charge in [0.1, 0.15) is 12.4 Å². The molecule has 86 valence electrons. The number of anilines is 1. The summed E-state index contributed by atoms with van der Waals surface area (Å²) < 4.78 is 5.42. The molecule has 0 aliphatic carbocycles. The molecule has 1 aromatic carbocycles. The molecule has 0 unspecified atom stereocenters. The molecule has 0 fully saturated rings. The first kappa shape index (κ1) is 12.3. The summed E-state index contributed by atoms with van der Waals surface area (Å²) in [6.45, 7) is 6.05. The molecule has 0 heterocycles. The molecule has 0 aromatic heterocycles. The summed E-state index contributed by atoms with van der Waals surface area (Å²) >= 11 is 0. The molecule has 1 rings (SSSR count). The minimum atomic E-state index is 0.440. The monoisotopic (exact) mass is 221 g/mol. The van der Waals surface area contributed by atoms with Gasteiger partial charge >= 0.3 is 0 Å². The highest BCUT2D eigenvalue weighted by atomic mass is 16.6. The molecule has 0 saturated heterocycles. The number of nitrogens with one attached hydrogen (secondary N) is 1. The standard InChI is InChI=1S/C12H15NO3/c1-9(2)8-16-11-4-5-12(13-15-3)10(6-11)7-14/h4-7,13H,1,8H2,2-3H3. The zero-order chi connectivity index (χ0) is 12.0. The van der Waals surface area contributed by atoms with Crippen molar-refractivity contribution in [1.29, 1.82) is 0 Å². The van der Waals surface area contributed by atoms with Crippen LogP contribution in [-0.2, 0) is 4.84 Å². The predicted molar refractivity (Wildman–Crippen MR) is 62.8 cm³/mol. The Hall–Kier alpha value is -1.81. The van der Waals surface area contributed by atoms with Crippen LogP contribution >= 0.6 is 0 Å². The third-order valence-electron chi connectivity index (χ3n) is 1.85. The lowest BCUT2D eigenvalue weighted by atomic mass is 10.2. The molecule has 0 aliphatic rings. The van der Waals surface area contributed by atoms with Gasteiger partial charge in [0.25, 0.3) is 0 Å². The number of carbonyl (C=O) groups excluding carboxylic acids is 1. The van der Waals surface area contributed by atoms with Crippen molar-refractivity contribution < 1.29 is 14.4 Å². The molecule has 0 aliphatic heterocycles. The summed E-state index contributed by atoms with van der Waals surface area (Å²) in [7, 11) is 1.49. The Labute approximate surface area is 94.8 Å². The number of benzene rings is 1. The highest BCUT2D eigenvalue weighted by molar-refractivity contribution is 5.84. The van der Waals surface area contributed by atoms with Crippen LogP contribution in [0.3, 0.4) is 0 Å². The summed E-state index contributed by atoms with van der Waals surface area (Å²) in [5, 5.41) is 0. The van der Waals surface area contributed by atoms with Gasteiger partial charge in [0.2, 0.25) is 0 Å². The van der Waals surface area contributed by atoms with Crippen molar-refractivity contribution in [3.8, 4) is 5.75 Å². The van der Waals surface area contributed by atoms with Crippen LogP contribution < -0.4 is 10.2 Å². The van der Waals surface area contributed by atoms with Gasteiger partial charge in [-0.05, 0) is 30.7 Å². The van der Waals surface area contributed by atoms with Crippen molar-refractivity contribution >= 4 is 12.0 Å². The maximum atomic E-state index is 10.8. The number of rotatable bonds is 6. The molecule has 0 radical (unpaired) electrons. The van der Waals surface area contributed by atoms with E-state index in [1.807, 2.05) is 6.92 Å². The van der Waals surface area contributed by atoms with Gasteiger partial charge in [0.05, 0.1) is 12.8 Å². The third-order valence-corrected chi connectivity index (χ3v) is 1.85. The Bertz CT molecular complexity index is 388. The quantitative estimate of drug-likeness (QED) is 0.455. The van der Waals surface area contributed by atoms with Crippen molar-refractivity contribution in [3.05, 3.63) is 35.9 Å². The fourth-order valence-corrected chi connectivity index (χ4v) is 1.14. The van der Waals surface area contributed by atoms with Gasteiger partial charge in [-0.1, -0.05) is 6.58 Å². The Morgan fingerprint density at radius 1 is 1.56 bits per heavy atom. The average Bonchev–Trinajstić information content (AvgIpc) is 2.28. The molecule has 0 amide bonds. The van der Waals surface area contributed by atoms with Crippen LogP contribution in [0.2, 0.25) is 0 Å². The summed E-state index contributed by atoms with van der Waals surface area (Å²) in [6, 6.07) is 5.13. The molecule has 0 spiro atoms. The van der Waals surface area contributed by atoms with Crippen LogP contribution in [0.25, 0.3) is 0 Å². The predicted octanol–water partition coefficient (Wildman–Crippen LogP) is 2.43. The fraction of sp³-hybridized carbons (Fsp3) is 0.250. The van der Waals surface area contributed by atoms with Crippen LogP contribution in [0.4, 0.5) is 5.69 Å².